The van der Waals surface area contributed by atoms with Gasteiger partial charge < -0.3 is 9.74 Å². The van der Waals surface area contributed by atoms with Gasteiger partial charge in [-0.3, -0.25) is 9.59 Å². The second-order valence-corrected chi connectivity index (χ2v) is 9.84. The molecule has 0 aromatic carbocycles. The van der Waals surface area contributed by atoms with Crippen molar-refractivity contribution in [1.82, 2.24) is 10.4 Å². The summed E-state index contributed by atoms with van der Waals surface area (Å²) >= 11 is 0. The fourth-order valence-electron chi connectivity index (χ4n) is 7.21. The van der Waals surface area contributed by atoms with E-state index in [0.29, 0.717) is 30.2 Å². The molecule has 0 aromatic heterocycles. The molecule has 0 aromatic rings. The molecule has 28 heavy (non-hydrogen) atoms. The van der Waals surface area contributed by atoms with Gasteiger partial charge in [0.2, 0.25) is 11.8 Å². The lowest BCUT2D eigenvalue weighted by Gasteiger charge is -2.61. The van der Waals surface area contributed by atoms with E-state index in [1.165, 1.54) is 6.92 Å². The van der Waals surface area contributed by atoms with Crippen molar-refractivity contribution >= 4 is 17.8 Å². The molecule has 1 saturated heterocycles. The number of rotatable bonds is 1. The zero-order chi connectivity index (χ0) is 20.3. The van der Waals surface area contributed by atoms with Crippen LogP contribution in [0.5, 0.6) is 0 Å². The smallest absolute Gasteiger partial charge is 0.342 e. The minimum absolute atomic E-state index is 0.173. The first-order chi connectivity index (χ1) is 13.2. The Balaban J connectivity index is 1.55. The molecule has 1 heterocycles. The predicted octanol–water partition coefficient (Wildman–Crippen LogP) is 2.98. The van der Waals surface area contributed by atoms with Gasteiger partial charge in [0.05, 0.1) is 0 Å². The Labute approximate surface area is 167 Å². The third-order valence-electron chi connectivity index (χ3n) is 8.65. The van der Waals surface area contributed by atoms with Crippen LogP contribution in [0.3, 0.4) is 0 Å². The monoisotopic (exact) mass is 388 g/mol. The molecule has 0 spiro atoms. The number of nitrogens with one attached hydrogen (secondary N) is 1. The van der Waals surface area contributed by atoms with E-state index in [1.54, 1.807) is 0 Å². The molecule has 1 unspecified atom stereocenters. The number of likely N-dealkylation sites (tertiary alicyclic amines) is 1. The molecule has 4 rings (SSSR count). The van der Waals surface area contributed by atoms with Crippen molar-refractivity contribution in [2.75, 3.05) is 7.05 Å². The third-order valence-corrected chi connectivity index (χ3v) is 8.65. The molecule has 1 aliphatic heterocycles. The summed E-state index contributed by atoms with van der Waals surface area (Å²) in [6.45, 7) is 5.93. The summed E-state index contributed by atoms with van der Waals surface area (Å²) in [6.07, 6.45) is 8.79. The van der Waals surface area contributed by atoms with E-state index in [2.05, 4.69) is 19.3 Å². The Kier molecular flexibility index (Phi) is 4.59. The van der Waals surface area contributed by atoms with Crippen molar-refractivity contribution in [3.63, 3.8) is 0 Å². The van der Waals surface area contributed by atoms with Gasteiger partial charge in [0.1, 0.15) is 0 Å². The van der Waals surface area contributed by atoms with Crippen LogP contribution < -0.4 is 5.48 Å². The Bertz CT molecular complexity index is 747. The summed E-state index contributed by atoms with van der Waals surface area (Å²) in [7, 11) is 1.98. The first kappa shape index (κ1) is 19.5. The lowest BCUT2D eigenvalue weighted by atomic mass is 9.47. The second-order valence-electron chi connectivity index (χ2n) is 9.84. The molecule has 0 bridgehead atoms. The number of nitrogens with zero attached hydrogens (tertiary/aromatic N) is 1. The average molecular weight is 389 g/mol. The van der Waals surface area contributed by atoms with E-state index >= 15 is 0 Å². The van der Waals surface area contributed by atoms with Crippen LogP contribution in [-0.2, 0) is 19.2 Å². The fraction of sp³-hybridized carbons (Fsp3) is 0.773. The molecular weight excluding hydrogens is 356 g/mol. The van der Waals surface area contributed by atoms with E-state index in [1.807, 2.05) is 18.0 Å². The number of fused-ring (bicyclic) bond motifs is 5. The number of allylic oxidation sites excluding steroid dienone is 1. The fourth-order valence-corrected chi connectivity index (χ4v) is 7.21. The molecule has 154 valence electrons. The standard InChI is InChI=1S/C22H32N2O4/c1-13(25)23-28-20(27)17-7-6-15-14-5-8-18-22(3,12-10-19(26)24(18)4)16(14)9-11-21(15,17)2/h7,14-16,18H,5-6,8-12H2,1-4H3,(H,23,25)/t14-,15-,16-,18?,21-,22+/m0/s1. The minimum Gasteiger partial charge on any atom is -0.342 e. The van der Waals surface area contributed by atoms with Crippen LogP contribution in [0.1, 0.15) is 65.7 Å². The van der Waals surface area contributed by atoms with Gasteiger partial charge >= 0.3 is 5.97 Å². The first-order valence-corrected chi connectivity index (χ1v) is 10.6. The van der Waals surface area contributed by atoms with Gasteiger partial charge in [-0.1, -0.05) is 19.9 Å². The molecule has 2 amide bonds. The van der Waals surface area contributed by atoms with E-state index in [9.17, 15) is 14.4 Å². The van der Waals surface area contributed by atoms with Crippen molar-refractivity contribution in [2.45, 2.75) is 71.8 Å². The molecule has 3 aliphatic carbocycles. The molecule has 4 aliphatic rings. The highest BCUT2D eigenvalue weighted by Crippen LogP contribution is 2.64. The summed E-state index contributed by atoms with van der Waals surface area (Å²) in [5, 5.41) is 0. The number of hydroxylamine groups is 1. The van der Waals surface area contributed by atoms with Gasteiger partial charge in [-0.25, -0.2) is 4.79 Å². The van der Waals surface area contributed by atoms with Gasteiger partial charge in [-0.15, -0.1) is 0 Å². The maximum Gasteiger partial charge on any atom is 0.359 e. The zero-order valence-corrected chi connectivity index (χ0v) is 17.4. The minimum atomic E-state index is -0.415. The normalized spacial score (nSPS) is 42.1. The summed E-state index contributed by atoms with van der Waals surface area (Å²) in [5.74, 6) is 1.10. The van der Waals surface area contributed by atoms with E-state index < -0.39 is 5.97 Å². The van der Waals surface area contributed by atoms with Gasteiger partial charge in [-0.05, 0) is 61.7 Å². The van der Waals surface area contributed by atoms with Crippen molar-refractivity contribution < 1.29 is 19.2 Å². The summed E-state index contributed by atoms with van der Waals surface area (Å²) in [5.41, 5.74) is 2.90. The summed E-state index contributed by atoms with van der Waals surface area (Å²) in [4.78, 5) is 43.0. The van der Waals surface area contributed by atoms with Crippen LogP contribution in [0.25, 0.3) is 0 Å². The molecule has 6 heteroatoms. The highest BCUT2D eigenvalue weighted by molar-refractivity contribution is 5.91. The molecule has 3 fully saturated rings. The van der Waals surface area contributed by atoms with E-state index in [4.69, 9.17) is 4.84 Å². The van der Waals surface area contributed by atoms with E-state index in [-0.39, 0.29) is 22.6 Å². The molecule has 6 atom stereocenters. The summed E-state index contributed by atoms with van der Waals surface area (Å²) in [6, 6.07) is 0.345. The van der Waals surface area contributed by atoms with Crippen LogP contribution in [-0.4, -0.2) is 35.8 Å². The summed E-state index contributed by atoms with van der Waals surface area (Å²) < 4.78 is 0. The molecular formula is C22H32N2O4. The molecule has 1 N–H and O–H groups in total. The first-order valence-electron chi connectivity index (χ1n) is 10.6. The second kappa shape index (κ2) is 6.60. The highest BCUT2D eigenvalue weighted by Gasteiger charge is 2.60. The molecule has 0 radical (unpaired) electrons. The van der Waals surface area contributed by atoms with Gasteiger partial charge in [0, 0.05) is 37.4 Å². The Morgan fingerprint density at radius 2 is 1.93 bits per heavy atom. The van der Waals surface area contributed by atoms with Crippen LogP contribution >= 0.6 is 0 Å². The van der Waals surface area contributed by atoms with Crippen LogP contribution in [0.4, 0.5) is 0 Å². The average Bonchev–Trinajstić information content (AvgIpc) is 3.00. The van der Waals surface area contributed by atoms with Crippen molar-refractivity contribution in [2.24, 2.45) is 28.6 Å². The zero-order valence-electron chi connectivity index (χ0n) is 17.4. The Morgan fingerprint density at radius 3 is 2.64 bits per heavy atom. The Morgan fingerprint density at radius 1 is 1.18 bits per heavy atom. The highest BCUT2D eigenvalue weighted by atomic mass is 16.7. The van der Waals surface area contributed by atoms with Gasteiger partial charge in [-0.2, -0.15) is 5.48 Å². The maximum absolute atomic E-state index is 12.6. The van der Waals surface area contributed by atoms with Gasteiger partial charge in [0.25, 0.3) is 0 Å². The maximum atomic E-state index is 12.6. The number of carbonyl (C=O) groups excluding carboxylic acids is 3. The molecule has 2 saturated carbocycles. The van der Waals surface area contributed by atoms with Gasteiger partial charge in [0.15, 0.2) is 0 Å². The number of hydrogen-bond donors (Lipinski definition) is 1. The number of piperidine rings is 1. The SMILES string of the molecule is CC(=O)NOC(=O)C1=CC[C@H]2[C@@H]3CCC4N(C)C(=O)CC[C@]4(C)[C@H]3CC[C@]12C. The largest absolute Gasteiger partial charge is 0.359 e. The van der Waals surface area contributed by atoms with Crippen molar-refractivity contribution in [3.8, 4) is 0 Å². The van der Waals surface area contributed by atoms with E-state index in [0.717, 1.165) is 44.1 Å². The number of hydrogen-bond acceptors (Lipinski definition) is 4. The number of amides is 2. The lowest BCUT2D eigenvalue weighted by molar-refractivity contribution is -0.160. The predicted molar refractivity (Wildman–Crippen MR) is 104 cm³/mol. The van der Waals surface area contributed by atoms with Crippen LogP contribution in [0.2, 0.25) is 0 Å². The third kappa shape index (κ3) is 2.71. The van der Waals surface area contributed by atoms with Crippen LogP contribution in [0, 0.1) is 28.6 Å². The number of carbonyl (C=O) groups is 3. The molecule has 6 nitrogen and oxygen atoms in total. The lowest BCUT2D eigenvalue weighted by Crippen LogP contribution is -2.61. The topological polar surface area (TPSA) is 75.7 Å². The van der Waals surface area contributed by atoms with Crippen molar-refractivity contribution in [3.05, 3.63) is 11.6 Å². The van der Waals surface area contributed by atoms with Crippen LogP contribution in [0.15, 0.2) is 11.6 Å². The quantitative estimate of drug-likeness (QED) is 0.701. The van der Waals surface area contributed by atoms with Crippen molar-refractivity contribution in [1.29, 1.82) is 0 Å². The Hall–Kier alpha value is -1.85.